The molecule has 1 aliphatic rings. The number of nitrogens with one attached hydrogen (secondary N) is 1. The van der Waals surface area contributed by atoms with E-state index in [0.29, 0.717) is 6.04 Å². The molecule has 0 saturated carbocycles. The molecule has 17 heavy (non-hydrogen) atoms. The van der Waals surface area contributed by atoms with Crippen molar-refractivity contribution in [2.45, 2.75) is 38.0 Å². The molecule has 0 radical (unpaired) electrons. The molecule has 0 spiro atoms. The molecule has 102 valence electrons. The molecule has 0 amide bonds. The molecule has 0 aromatic heterocycles. The van der Waals surface area contributed by atoms with Gasteiger partial charge in [-0.2, -0.15) is 11.8 Å². The van der Waals surface area contributed by atoms with Crippen LogP contribution in [-0.4, -0.2) is 61.8 Å². The maximum absolute atomic E-state index is 5.16. The van der Waals surface area contributed by atoms with Crippen LogP contribution in [0.25, 0.3) is 0 Å². The summed E-state index contributed by atoms with van der Waals surface area (Å²) in [4.78, 5) is 2.51. The van der Waals surface area contributed by atoms with Crippen LogP contribution < -0.4 is 5.32 Å². The SMILES string of the molecule is COCCN(CCSC1CCNCC1)C(C)C. The van der Waals surface area contributed by atoms with Gasteiger partial charge in [-0.05, 0) is 39.8 Å². The summed E-state index contributed by atoms with van der Waals surface area (Å²) in [6.07, 6.45) is 2.68. The third kappa shape index (κ3) is 6.65. The maximum atomic E-state index is 5.16. The topological polar surface area (TPSA) is 24.5 Å². The molecule has 0 aliphatic carbocycles. The largest absolute Gasteiger partial charge is 0.383 e. The lowest BCUT2D eigenvalue weighted by Gasteiger charge is -2.27. The number of hydrogen-bond donors (Lipinski definition) is 1. The standard InChI is InChI=1S/C13H28N2OS/c1-12(2)15(8-10-16-3)9-11-17-13-4-6-14-7-5-13/h12-14H,4-11H2,1-3H3. The van der Waals surface area contributed by atoms with E-state index < -0.39 is 0 Å². The molecule has 0 atom stereocenters. The second-order valence-electron chi connectivity index (χ2n) is 4.94. The van der Waals surface area contributed by atoms with E-state index in [0.717, 1.165) is 18.4 Å². The van der Waals surface area contributed by atoms with E-state index >= 15 is 0 Å². The van der Waals surface area contributed by atoms with Crippen molar-refractivity contribution in [2.24, 2.45) is 0 Å². The number of ether oxygens (including phenoxy) is 1. The van der Waals surface area contributed by atoms with E-state index in [1.807, 2.05) is 0 Å². The van der Waals surface area contributed by atoms with E-state index in [-0.39, 0.29) is 0 Å². The Morgan fingerprint density at radius 2 is 2.00 bits per heavy atom. The highest BCUT2D eigenvalue weighted by Gasteiger charge is 2.14. The zero-order valence-corrected chi connectivity index (χ0v) is 12.4. The van der Waals surface area contributed by atoms with Crippen LogP contribution in [0, 0.1) is 0 Å². The van der Waals surface area contributed by atoms with Crippen molar-refractivity contribution >= 4 is 11.8 Å². The van der Waals surface area contributed by atoms with Crippen molar-refractivity contribution < 1.29 is 4.74 Å². The highest BCUT2D eigenvalue weighted by molar-refractivity contribution is 7.99. The van der Waals surface area contributed by atoms with Crippen LogP contribution in [0.15, 0.2) is 0 Å². The summed E-state index contributed by atoms with van der Waals surface area (Å²) in [5, 5.41) is 4.30. The second kappa shape index (κ2) is 9.20. The van der Waals surface area contributed by atoms with Crippen molar-refractivity contribution in [3.8, 4) is 0 Å². The lowest BCUT2D eigenvalue weighted by molar-refractivity contribution is 0.134. The number of nitrogens with zero attached hydrogens (tertiary/aromatic N) is 1. The summed E-state index contributed by atoms with van der Waals surface area (Å²) < 4.78 is 5.16. The molecule has 0 aromatic carbocycles. The third-order valence-electron chi connectivity index (χ3n) is 3.33. The number of piperidine rings is 1. The molecule has 4 heteroatoms. The van der Waals surface area contributed by atoms with E-state index in [9.17, 15) is 0 Å². The van der Waals surface area contributed by atoms with Crippen molar-refractivity contribution in [2.75, 3.05) is 45.6 Å². The first kappa shape index (κ1) is 15.3. The highest BCUT2D eigenvalue weighted by atomic mass is 32.2. The maximum Gasteiger partial charge on any atom is 0.0589 e. The first-order valence-electron chi connectivity index (χ1n) is 6.79. The minimum Gasteiger partial charge on any atom is -0.383 e. The van der Waals surface area contributed by atoms with Crippen LogP contribution in [-0.2, 0) is 4.74 Å². The van der Waals surface area contributed by atoms with Crippen molar-refractivity contribution in [1.29, 1.82) is 0 Å². The lowest BCUT2D eigenvalue weighted by Crippen LogP contribution is -2.36. The molecule has 1 saturated heterocycles. The summed E-state index contributed by atoms with van der Waals surface area (Å²) in [6.45, 7) is 10.0. The Labute approximate surface area is 111 Å². The predicted octanol–water partition coefficient (Wildman–Crippen LogP) is 1.83. The van der Waals surface area contributed by atoms with Crippen molar-refractivity contribution in [3.63, 3.8) is 0 Å². The van der Waals surface area contributed by atoms with Gasteiger partial charge in [0, 0.05) is 37.2 Å². The molecule has 0 unspecified atom stereocenters. The molecule has 0 aromatic rings. The molecular weight excluding hydrogens is 232 g/mol. The highest BCUT2D eigenvalue weighted by Crippen LogP contribution is 2.20. The summed E-state index contributed by atoms with van der Waals surface area (Å²) >= 11 is 2.15. The van der Waals surface area contributed by atoms with Gasteiger partial charge < -0.3 is 10.1 Å². The van der Waals surface area contributed by atoms with Gasteiger partial charge in [0.25, 0.3) is 0 Å². The summed E-state index contributed by atoms with van der Waals surface area (Å²) in [5.74, 6) is 1.26. The van der Waals surface area contributed by atoms with Crippen LogP contribution in [0.5, 0.6) is 0 Å². The zero-order chi connectivity index (χ0) is 12.5. The van der Waals surface area contributed by atoms with Gasteiger partial charge in [-0.25, -0.2) is 0 Å². The first-order chi connectivity index (χ1) is 8.24. The number of methoxy groups -OCH3 is 1. The quantitative estimate of drug-likeness (QED) is 0.719. The Morgan fingerprint density at radius 1 is 1.29 bits per heavy atom. The van der Waals surface area contributed by atoms with Gasteiger partial charge in [-0.3, -0.25) is 4.90 Å². The predicted molar refractivity (Wildman–Crippen MR) is 76.9 cm³/mol. The first-order valence-corrected chi connectivity index (χ1v) is 7.84. The van der Waals surface area contributed by atoms with Gasteiger partial charge in [0.15, 0.2) is 0 Å². The Balaban J connectivity index is 2.12. The van der Waals surface area contributed by atoms with E-state index in [2.05, 4.69) is 35.8 Å². The van der Waals surface area contributed by atoms with Gasteiger partial charge in [0.2, 0.25) is 0 Å². The van der Waals surface area contributed by atoms with Crippen LogP contribution in [0.1, 0.15) is 26.7 Å². The van der Waals surface area contributed by atoms with E-state index in [1.165, 1.54) is 38.2 Å². The lowest BCUT2D eigenvalue weighted by atomic mass is 10.2. The molecule has 1 N–H and O–H groups in total. The fraction of sp³-hybridized carbons (Fsp3) is 1.00. The normalized spacial score (nSPS) is 18.2. The fourth-order valence-corrected chi connectivity index (χ4v) is 3.38. The van der Waals surface area contributed by atoms with Gasteiger partial charge >= 0.3 is 0 Å². The number of hydrogen-bond acceptors (Lipinski definition) is 4. The number of rotatable bonds is 8. The Kier molecular flexibility index (Phi) is 8.27. The average Bonchev–Trinajstić information content (AvgIpc) is 2.34. The smallest absolute Gasteiger partial charge is 0.0589 e. The summed E-state index contributed by atoms with van der Waals surface area (Å²) in [7, 11) is 1.78. The Bertz CT molecular complexity index is 184. The monoisotopic (exact) mass is 260 g/mol. The van der Waals surface area contributed by atoms with E-state index in [1.54, 1.807) is 7.11 Å². The molecule has 1 aliphatic heterocycles. The number of thioether (sulfide) groups is 1. The van der Waals surface area contributed by atoms with Gasteiger partial charge in [0.05, 0.1) is 6.61 Å². The molecular formula is C13H28N2OS. The third-order valence-corrected chi connectivity index (χ3v) is 4.69. The molecule has 1 heterocycles. The minimum absolute atomic E-state index is 0.624. The summed E-state index contributed by atoms with van der Waals surface area (Å²) in [5.41, 5.74) is 0. The van der Waals surface area contributed by atoms with Crippen LogP contribution in [0.3, 0.4) is 0 Å². The van der Waals surface area contributed by atoms with Crippen LogP contribution in [0.4, 0.5) is 0 Å². The average molecular weight is 260 g/mol. The fourth-order valence-electron chi connectivity index (χ4n) is 2.14. The van der Waals surface area contributed by atoms with Crippen LogP contribution in [0.2, 0.25) is 0 Å². The van der Waals surface area contributed by atoms with E-state index in [4.69, 9.17) is 4.74 Å². The Morgan fingerprint density at radius 3 is 2.59 bits per heavy atom. The minimum atomic E-state index is 0.624. The summed E-state index contributed by atoms with van der Waals surface area (Å²) in [6, 6.07) is 0.624. The second-order valence-corrected chi connectivity index (χ2v) is 6.35. The Hall–Kier alpha value is 0.230. The zero-order valence-electron chi connectivity index (χ0n) is 11.6. The molecule has 1 fully saturated rings. The van der Waals surface area contributed by atoms with Gasteiger partial charge in [-0.1, -0.05) is 0 Å². The van der Waals surface area contributed by atoms with Crippen molar-refractivity contribution in [1.82, 2.24) is 10.2 Å². The van der Waals surface area contributed by atoms with Crippen molar-refractivity contribution in [3.05, 3.63) is 0 Å². The molecule has 3 nitrogen and oxygen atoms in total. The molecule has 0 bridgehead atoms. The van der Waals surface area contributed by atoms with Gasteiger partial charge in [0.1, 0.15) is 0 Å². The molecule has 1 rings (SSSR count). The van der Waals surface area contributed by atoms with Gasteiger partial charge in [-0.15, -0.1) is 0 Å². The van der Waals surface area contributed by atoms with Crippen LogP contribution >= 0.6 is 11.8 Å².